The molecule has 0 saturated heterocycles. The summed E-state index contributed by atoms with van der Waals surface area (Å²) in [5.74, 6) is 0.0161. The summed E-state index contributed by atoms with van der Waals surface area (Å²) >= 11 is 6.43. The van der Waals surface area contributed by atoms with Crippen molar-refractivity contribution in [2.75, 3.05) is 38.3 Å². The predicted octanol–water partition coefficient (Wildman–Crippen LogP) is 5.62. The number of hydrogen-bond donors (Lipinski definition) is 1. The number of rotatable bonds is 2. The maximum absolute atomic E-state index is 14.5. The lowest BCUT2D eigenvalue weighted by atomic mass is 9.68. The molecule has 0 aromatic heterocycles. The lowest BCUT2D eigenvalue weighted by molar-refractivity contribution is -0.137. The van der Waals surface area contributed by atoms with E-state index in [1.165, 1.54) is 18.1 Å². The molecule has 2 bridgehead atoms. The molecule has 2 aliphatic heterocycles. The van der Waals surface area contributed by atoms with Gasteiger partial charge >= 0.3 is 0 Å². The van der Waals surface area contributed by atoms with Crippen LogP contribution >= 0.6 is 11.6 Å². The summed E-state index contributed by atoms with van der Waals surface area (Å²) < 4.78 is 39.5. The van der Waals surface area contributed by atoms with Gasteiger partial charge in [0, 0.05) is 37.6 Å². The SMILES string of the molecule is CO[C@@H]1C=CCOC(C)(C)C(=O)N=S(=O)(NC(C)=O)c2ccc3c(c2)N(C[C@@H]2CC[C@H]21)C[C@@]1(CCCc2cc(Cl)ccc21)CO3. The Kier molecular flexibility index (Phi) is 8.80. The van der Waals surface area contributed by atoms with Crippen molar-refractivity contribution in [3.63, 3.8) is 0 Å². The third-order valence-electron chi connectivity index (χ3n) is 9.83. The fourth-order valence-corrected chi connectivity index (χ4v) is 9.09. The van der Waals surface area contributed by atoms with Gasteiger partial charge in [-0.05, 0) is 99.2 Å². The van der Waals surface area contributed by atoms with E-state index in [0.29, 0.717) is 30.7 Å². The third-order valence-corrected chi connectivity index (χ3v) is 11.9. The van der Waals surface area contributed by atoms with E-state index in [9.17, 15) is 13.8 Å². The molecule has 1 spiro atoms. The highest BCUT2D eigenvalue weighted by Gasteiger charge is 2.44. The Bertz CT molecular complexity index is 1650. The van der Waals surface area contributed by atoms with Gasteiger partial charge in [0.2, 0.25) is 5.91 Å². The summed E-state index contributed by atoms with van der Waals surface area (Å²) in [5, 5.41) is 0.730. The first-order chi connectivity index (χ1) is 21.4. The van der Waals surface area contributed by atoms with Crippen LogP contribution in [-0.4, -0.2) is 61.1 Å². The number of carbonyl (C=O) groups excluding carboxylic acids is 2. The van der Waals surface area contributed by atoms with Crippen molar-refractivity contribution >= 4 is 39.0 Å². The number of benzene rings is 2. The maximum Gasteiger partial charge on any atom is 0.287 e. The monoisotopic (exact) mass is 655 g/mol. The van der Waals surface area contributed by atoms with E-state index in [4.69, 9.17) is 25.8 Å². The quantitative estimate of drug-likeness (QED) is 0.419. The van der Waals surface area contributed by atoms with Crippen molar-refractivity contribution in [1.82, 2.24) is 4.72 Å². The molecule has 2 aromatic carbocycles. The maximum atomic E-state index is 14.5. The van der Waals surface area contributed by atoms with Gasteiger partial charge in [0.25, 0.3) is 5.91 Å². The molecule has 2 amide bonds. The first-order valence-corrected chi connectivity index (χ1v) is 17.6. The average Bonchev–Trinajstić information content (AvgIpc) is 3.12. The Labute approximate surface area is 270 Å². The van der Waals surface area contributed by atoms with Crippen molar-refractivity contribution in [1.29, 1.82) is 0 Å². The highest BCUT2D eigenvalue weighted by Crippen LogP contribution is 2.47. The van der Waals surface area contributed by atoms with Gasteiger partial charge < -0.3 is 19.1 Å². The van der Waals surface area contributed by atoms with Crippen LogP contribution in [0.15, 0.2) is 57.8 Å². The second-order valence-electron chi connectivity index (χ2n) is 13.3. The minimum atomic E-state index is -3.70. The van der Waals surface area contributed by atoms with Crippen LogP contribution in [0.2, 0.25) is 5.02 Å². The normalized spacial score (nSPS) is 31.0. The number of ether oxygens (including phenoxy) is 3. The fraction of sp³-hybridized carbons (Fsp3) is 0.529. The van der Waals surface area contributed by atoms with Crippen LogP contribution in [0.25, 0.3) is 0 Å². The molecule has 2 aliphatic carbocycles. The molecule has 1 unspecified atom stereocenters. The molecular formula is C34H42ClN3O6S. The highest BCUT2D eigenvalue weighted by molar-refractivity contribution is 7.92. The average molecular weight is 656 g/mol. The van der Waals surface area contributed by atoms with Crippen molar-refractivity contribution in [3.05, 3.63) is 64.7 Å². The van der Waals surface area contributed by atoms with Gasteiger partial charge in [-0.3, -0.25) is 14.3 Å². The number of hydrogen-bond acceptors (Lipinski definition) is 7. The second kappa shape index (κ2) is 12.4. The number of anilines is 1. The zero-order chi connectivity index (χ0) is 32.0. The van der Waals surface area contributed by atoms with Crippen molar-refractivity contribution < 1.29 is 28.0 Å². The lowest BCUT2D eigenvalue weighted by Crippen LogP contribution is -2.49. The molecule has 2 aromatic rings. The highest BCUT2D eigenvalue weighted by atomic mass is 35.5. The number of halogens is 1. The van der Waals surface area contributed by atoms with E-state index < -0.39 is 27.3 Å². The van der Waals surface area contributed by atoms with Crippen LogP contribution in [0.3, 0.4) is 0 Å². The number of methoxy groups -OCH3 is 1. The van der Waals surface area contributed by atoms with Gasteiger partial charge in [-0.25, -0.2) is 4.21 Å². The molecule has 1 fully saturated rings. The number of carbonyl (C=O) groups is 2. The molecule has 4 aliphatic rings. The summed E-state index contributed by atoms with van der Waals surface area (Å²) in [5.41, 5.74) is 1.61. The Morgan fingerprint density at radius 2 is 2.02 bits per heavy atom. The molecule has 45 heavy (non-hydrogen) atoms. The molecule has 6 rings (SSSR count). The summed E-state index contributed by atoms with van der Waals surface area (Å²) in [4.78, 5) is 28.3. The number of nitrogens with zero attached hydrogens (tertiary/aromatic N) is 2. The number of nitrogens with one attached hydrogen (secondary N) is 1. The van der Waals surface area contributed by atoms with E-state index in [-0.39, 0.29) is 23.0 Å². The fourth-order valence-electron chi connectivity index (χ4n) is 7.26. The Balaban J connectivity index is 1.51. The van der Waals surface area contributed by atoms with Crippen LogP contribution in [-0.2, 0) is 40.8 Å². The number of fused-ring (bicyclic) bond motifs is 4. The molecule has 1 N–H and O–H groups in total. The summed E-state index contributed by atoms with van der Waals surface area (Å²) in [6, 6.07) is 11.4. The summed E-state index contributed by atoms with van der Waals surface area (Å²) in [6.07, 6.45) is 8.83. The van der Waals surface area contributed by atoms with Gasteiger partial charge in [0.1, 0.15) is 11.4 Å². The molecule has 2 heterocycles. The van der Waals surface area contributed by atoms with Gasteiger partial charge in [0.15, 0.2) is 9.92 Å². The molecule has 11 heteroatoms. The van der Waals surface area contributed by atoms with Gasteiger partial charge in [-0.1, -0.05) is 29.8 Å². The van der Waals surface area contributed by atoms with E-state index in [1.54, 1.807) is 39.2 Å². The van der Waals surface area contributed by atoms with Gasteiger partial charge in [-0.15, -0.1) is 4.36 Å². The number of aryl methyl sites for hydroxylation is 1. The van der Waals surface area contributed by atoms with Gasteiger partial charge in [0.05, 0.1) is 29.9 Å². The molecular weight excluding hydrogens is 614 g/mol. The van der Waals surface area contributed by atoms with E-state index in [0.717, 1.165) is 49.4 Å². The van der Waals surface area contributed by atoms with Crippen molar-refractivity contribution in [2.45, 2.75) is 74.9 Å². The Hall–Kier alpha value is -2.92. The standard InChI is InChI=1S/C34H42ClN3O6S/c1-22(39)36-45(41)26-11-14-31-29(18-26)38(20-34(21-43-31)15-5-7-23-17-25(35)10-13-28(23)34)19-24-9-12-27(24)30(42-4)8-6-16-44-33(2,3)32(40)37-45/h6,8,10-11,13-14,17-18,24,27,30H,5,7,9,12,15-16,19-21H2,1-4H3,(H,36,37,39,40,41)/t24-,27+,30+,34-,45?/m0/s1. The molecule has 1 saturated carbocycles. The first kappa shape index (κ1) is 32.0. The van der Waals surface area contributed by atoms with E-state index >= 15 is 0 Å². The minimum absolute atomic E-state index is 0.0946. The topological polar surface area (TPSA) is 107 Å². The van der Waals surface area contributed by atoms with E-state index in [1.807, 2.05) is 18.2 Å². The second-order valence-corrected chi connectivity index (χ2v) is 15.6. The minimum Gasteiger partial charge on any atom is -0.490 e. The first-order valence-electron chi connectivity index (χ1n) is 15.7. The van der Waals surface area contributed by atoms with Crippen LogP contribution in [0, 0.1) is 11.8 Å². The van der Waals surface area contributed by atoms with Crippen LogP contribution < -0.4 is 14.4 Å². The molecule has 0 radical (unpaired) electrons. The zero-order valence-corrected chi connectivity index (χ0v) is 27.9. The Morgan fingerprint density at radius 1 is 1.20 bits per heavy atom. The summed E-state index contributed by atoms with van der Waals surface area (Å²) in [7, 11) is -1.97. The van der Waals surface area contributed by atoms with Crippen molar-refractivity contribution in [2.24, 2.45) is 16.2 Å². The molecule has 5 atom stereocenters. The van der Waals surface area contributed by atoms with Crippen LogP contribution in [0.5, 0.6) is 5.75 Å². The Morgan fingerprint density at radius 3 is 2.76 bits per heavy atom. The molecule has 9 nitrogen and oxygen atoms in total. The smallest absolute Gasteiger partial charge is 0.287 e. The third kappa shape index (κ3) is 6.26. The summed E-state index contributed by atoms with van der Waals surface area (Å²) in [6.45, 7) is 6.49. The number of amides is 2. The largest absolute Gasteiger partial charge is 0.490 e. The lowest BCUT2D eigenvalue weighted by Gasteiger charge is -2.46. The van der Waals surface area contributed by atoms with E-state index in [2.05, 4.69) is 26.1 Å². The predicted molar refractivity (Wildman–Crippen MR) is 174 cm³/mol. The van der Waals surface area contributed by atoms with Crippen molar-refractivity contribution in [3.8, 4) is 5.75 Å². The molecule has 242 valence electrons. The van der Waals surface area contributed by atoms with Crippen LogP contribution in [0.1, 0.15) is 57.6 Å². The van der Waals surface area contributed by atoms with Crippen LogP contribution in [0.4, 0.5) is 5.69 Å². The zero-order valence-electron chi connectivity index (χ0n) is 26.3. The van der Waals surface area contributed by atoms with Gasteiger partial charge in [-0.2, -0.15) is 0 Å².